The number of carboxylic acids is 2. The van der Waals surface area contributed by atoms with E-state index in [1.54, 1.807) is 0 Å². The molecule has 0 amide bonds. The maximum absolute atomic E-state index is 10.6. The van der Waals surface area contributed by atoms with Gasteiger partial charge in [-0.05, 0) is 0 Å². The molecule has 0 fully saturated rings. The number of alkyl halides is 1. The van der Waals surface area contributed by atoms with Gasteiger partial charge in [0, 0.05) is 12.3 Å². The average molecular weight is 243 g/mol. The molecule has 0 aromatic carbocycles. The standard InChI is InChI=1S/C7H11ClO7/c8-2-3(9)1-7(15,6(13)14)4(10)5(11)12/h3-4,9-10,15H,1-2H2,(H,11,12)(H,13,14)/t3-,4?,7?/m0/s1. The van der Waals surface area contributed by atoms with E-state index in [0.717, 1.165) is 0 Å². The topological polar surface area (TPSA) is 135 Å². The Kier molecular flexibility index (Phi) is 4.95. The van der Waals surface area contributed by atoms with Gasteiger partial charge in [0.05, 0.1) is 6.10 Å². The molecule has 7 nitrogen and oxygen atoms in total. The summed E-state index contributed by atoms with van der Waals surface area (Å²) in [6.07, 6.45) is -4.84. The van der Waals surface area contributed by atoms with E-state index in [-0.39, 0.29) is 5.88 Å². The summed E-state index contributed by atoms with van der Waals surface area (Å²) in [5.74, 6) is -4.23. The van der Waals surface area contributed by atoms with Crippen molar-refractivity contribution in [2.24, 2.45) is 0 Å². The molecule has 0 aliphatic rings. The second kappa shape index (κ2) is 5.26. The van der Waals surface area contributed by atoms with E-state index in [9.17, 15) is 14.7 Å². The molecule has 0 aliphatic heterocycles. The van der Waals surface area contributed by atoms with E-state index >= 15 is 0 Å². The Balaban J connectivity index is 4.89. The molecule has 0 heterocycles. The number of aliphatic hydroxyl groups is 3. The summed E-state index contributed by atoms with van der Waals surface area (Å²) in [5, 5.41) is 44.3. The van der Waals surface area contributed by atoms with Crippen molar-refractivity contribution in [3.63, 3.8) is 0 Å². The predicted octanol–water partition coefficient (Wildman–Crippen LogP) is -1.76. The minimum atomic E-state index is -2.96. The highest BCUT2D eigenvalue weighted by molar-refractivity contribution is 6.18. The van der Waals surface area contributed by atoms with Crippen LogP contribution in [0.1, 0.15) is 6.42 Å². The summed E-state index contributed by atoms with van der Waals surface area (Å²) < 4.78 is 0. The van der Waals surface area contributed by atoms with Crippen LogP contribution in [-0.2, 0) is 9.59 Å². The van der Waals surface area contributed by atoms with E-state index in [1.165, 1.54) is 0 Å². The molecule has 0 aliphatic carbocycles. The molecule has 8 heteroatoms. The summed E-state index contributed by atoms with van der Waals surface area (Å²) >= 11 is 5.16. The molecule has 0 aromatic heterocycles. The summed E-state index contributed by atoms with van der Waals surface area (Å²) in [6.45, 7) is 0. The lowest BCUT2D eigenvalue weighted by molar-refractivity contribution is -0.187. The first-order valence-electron chi connectivity index (χ1n) is 3.86. The van der Waals surface area contributed by atoms with E-state index < -0.39 is 36.2 Å². The number of aliphatic carboxylic acids is 2. The molecular formula is C7H11ClO7. The summed E-state index contributed by atoms with van der Waals surface area (Å²) in [6, 6.07) is 0. The normalized spacial score (nSPS) is 18.9. The Hall–Kier alpha value is -0.890. The first-order valence-corrected chi connectivity index (χ1v) is 4.39. The zero-order valence-electron chi connectivity index (χ0n) is 7.50. The maximum atomic E-state index is 10.6. The fourth-order valence-corrected chi connectivity index (χ4v) is 1.04. The van der Waals surface area contributed by atoms with Crippen LogP contribution in [0.5, 0.6) is 0 Å². The highest BCUT2D eigenvalue weighted by Gasteiger charge is 2.48. The fourth-order valence-electron chi connectivity index (χ4n) is 0.934. The fraction of sp³-hybridized carbons (Fsp3) is 0.714. The van der Waals surface area contributed by atoms with E-state index in [2.05, 4.69) is 0 Å². The van der Waals surface area contributed by atoms with Crippen molar-refractivity contribution in [2.45, 2.75) is 24.2 Å². The van der Waals surface area contributed by atoms with Gasteiger partial charge in [0.15, 0.2) is 6.10 Å². The lowest BCUT2D eigenvalue weighted by atomic mass is 9.90. The third kappa shape index (κ3) is 3.31. The van der Waals surface area contributed by atoms with Crippen molar-refractivity contribution in [3.05, 3.63) is 0 Å². The number of aliphatic hydroxyl groups excluding tert-OH is 2. The molecule has 0 aromatic rings. The zero-order chi connectivity index (χ0) is 12.2. The smallest absolute Gasteiger partial charge is 0.339 e. The Morgan fingerprint density at radius 1 is 1.27 bits per heavy atom. The van der Waals surface area contributed by atoms with Crippen molar-refractivity contribution in [1.82, 2.24) is 0 Å². The number of hydrogen-bond donors (Lipinski definition) is 5. The quantitative estimate of drug-likeness (QED) is 0.348. The summed E-state index contributed by atoms with van der Waals surface area (Å²) in [5.41, 5.74) is -2.96. The van der Waals surface area contributed by atoms with Crippen molar-refractivity contribution in [3.8, 4) is 0 Å². The van der Waals surface area contributed by atoms with E-state index in [0.29, 0.717) is 0 Å². The molecule has 0 bridgehead atoms. The van der Waals surface area contributed by atoms with Gasteiger partial charge < -0.3 is 25.5 Å². The van der Waals surface area contributed by atoms with Crippen LogP contribution in [0.2, 0.25) is 0 Å². The second-order valence-electron chi connectivity index (χ2n) is 2.98. The van der Waals surface area contributed by atoms with Crippen molar-refractivity contribution in [1.29, 1.82) is 0 Å². The minimum absolute atomic E-state index is 0.387. The first kappa shape index (κ1) is 14.1. The highest BCUT2D eigenvalue weighted by atomic mass is 35.5. The van der Waals surface area contributed by atoms with Gasteiger partial charge >= 0.3 is 11.9 Å². The molecule has 5 N–H and O–H groups in total. The monoisotopic (exact) mass is 242 g/mol. The number of carboxylic acid groups (broad SMARTS) is 2. The van der Waals surface area contributed by atoms with Crippen LogP contribution < -0.4 is 0 Å². The molecular weight excluding hydrogens is 232 g/mol. The maximum Gasteiger partial charge on any atom is 0.339 e. The molecule has 2 unspecified atom stereocenters. The first-order chi connectivity index (χ1) is 6.75. The second-order valence-corrected chi connectivity index (χ2v) is 3.29. The molecule has 88 valence electrons. The van der Waals surface area contributed by atoms with Crippen LogP contribution in [-0.4, -0.2) is 61.2 Å². The number of rotatable bonds is 6. The molecule has 0 saturated carbocycles. The van der Waals surface area contributed by atoms with Crippen LogP contribution in [0.15, 0.2) is 0 Å². The van der Waals surface area contributed by atoms with Gasteiger partial charge in [-0.25, -0.2) is 9.59 Å². The van der Waals surface area contributed by atoms with E-state index in [1.807, 2.05) is 0 Å². The van der Waals surface area contributed by atoms with Crippen LogP contribution in [0.3, 0.4) is 0 Å². The van der Waals surface area contributed by atoms with Crippen LogP contribution >= 0.6 is 11.6 Å². The van der Waals surface area contributed by atoms with Crippen LogP contribution in [0.25, 0.3) is 0 Å². The lowest BCUT2D eigenvalue weighted by Crippen LogP contribution is -2.55. The van der Waals surface area contributed by atoms with Crippen molar-refractivity contribution in [2.75, 3.05) is 5.88 Å². The lowest BCUT2D eigenvalue weighted by Gasteiger charge is -2.27. The Labute approximate surface area is 89.5 Å². The summed E-state index contributed by atoms with van der Waals surface area (Å²) in [7, 11) is 0. The molecule has 0 saturated heterocycles. The van der Waals surface area contributed by atoms with Crippen LogP contribution in [0.4, 0.5) is 0 Å². The molecule has 0 radical (unpaired) electrons. The van der Waals surface area contributed by atoms with Gasteiger partial charge in [-0.2, -0.15) is 0 Å². The Morgan fingerprint density at radius 3 is 2.00 bits per heavy atom. The zero-order valence-corrected chi connectivity index (χ0v) is 8.26. The van der Waals surface area contributed by atoms with Crippen molar-refractivity contribution < 1.29 is 35.1 Å². The van der Waals surface area contributed by atoms with Gasteiger partial charge in [0.2, 0.25) is 5.60 Å². The van der Waals surface area contributed by atoms with Gasteiger partial charge in [-0.1, -0.05) is 0 Å². The van der Waals surface area contributed by atoms with Crippen molar-refractivity contribution >= 4 is 23.5 Å². The van der Waals surface area contributed by atoms with Gasteiger partial charge in [0.25, 0.3) is 0 Å². The third-order valence-corrected chi connectivity index (χ3v) is 2.14. The molecule has 3 atom stereocenters. The van der Waals surface area contributed by atoms with Crippen LogP contribution in [0, 0.1) is 0 Å². The Morgan fingerprint density at radius 2 is 1.73 bits per heavy atom. The molecule has 0 spiro atoms. The summed E-state index contributed by atoms with van der Waals surface area (Å²) in [4.78, 5) is 20.9. The number of halogens is 1. The van der Waals surface area contributed by atoms with Gasteiger partial charge in [-0.3, -0.25) is 0 Å². The van der Waals surface area contributed by atoms with E-state index in [4.69, 9.17) is 32.0 Å². The van der Waals surface area contributed by atoms with Gasteiger partial charge in [-0.15, -0.1) is 11.6 Å². The highest BCUT2D eigenvalue weighted by Crippen LogP contribution is 2.19. The Bertz CT molecular complexity index is 256. The minimum Gasteiger partial charge on any atom is -0.479 e. The van der Waals surface area contributed by atoms with Gasteiger partial charge in [0.1, 0.15) is 0 Å². The third-order valence-electron chi connectivity index (χ3n) is 1.78. The SMILES string of the molecule is O=C(O)C(O)C(O)(C[C@H](O)CCl)C(=O)O. The molecule has 0 rings (SSSR count). The largest absolute Gasteiger partial charge is 0.479 e. The molecule has 15 heavy (non-hydrogen) atoms. The number of carbonyl (C=O) groups is 2. The average Bonchev–Trinajstić information content (AvgIpc) is 2.15. The number of hydrogen-bond acceptors (Lipinski definition) is 5. The predicted molar refractivity (Wildman–Crippen MR) is 47.6 cm³/mol.